The highest BCUT2D eigenvalue weighted by Gasteiger charge is 2.35. The molecule has 0 aromatic carbocycles. The normalized spacial score (nSPS) is 18.0. The van der Waals surface area contributed by atoms with Crippen LogP contribution >= 0.6 is 0 Å². The van der Waals surface area contributed by atoms with Crippen molar-refractivity contribution < 1.29 is 52.9 Å². The Morgan fingerprint density at radius 1 is 0.714 bits per heavy atom. The van der Waals surface area contributed by atoms with Gasteiger partial charge in [0.2, 0.25) is 29.5 Å². The fraction of sp³-hybridized carbons (Fsp3) is 0.816. The minimum atomic E-state index is -0.986. The maximum absolute atomic E-state index is 13.2. The molecule has 0 spiro atoms. The van der Waals surface area contributed by atoms with Gasteiger partial charge in [0.05, 0.1) is 38.0 Å². The molecule has 2 rings (SSSR count). The highest BCUT2D eigenvalue weighted by molar-refractivity contribution is 5.93. The number of nitrogens with two attached hydrogens (primary N) is 1. The lowest BCUT2D eigenvalue weighted by Crippen LogP contribution is -2.54. The number of unbranched alkanes of at least 4 members (excludes halogenated alkanes) is 1. The minimum absolute atomic E-state index is 0.0945. The largest absolute Gasteiger partial charge is 0.481 e. The lowest BCUT2D eigenvalue weighted by Gasteiger charge is -2.27. The number of carbonyl (C=O) groups is 7. The van der Waals surface area contributed by atoms with Gasteiger partial charge in [0.25, 0.3) is 0 Å². The number of carboxylic acid groups (broad SMARTS) is 1. The molecule has 2 aliphatic rings. The Hall–Kier alpha value is -3.71. The summed E-state index contributed by atoms with van der Waals surface area (Å²) in [7, 11) is 0. The quantitative estimate of drug-likeness (QED) is 0.0540. The van der Waals surface area contributed by atoms with Gasteiger partial charge in [-0.2, -0.15) is 0 Å². The van der Waals surface area contributed by atoms with E-state index in [0.29, 0.717) is 117 Å². The molecule has 0 saturated carbocycles. The summed E-state index contributed by atoms with van der Waals surface area (Å²) in [6.07, 6.45) is 5.32. The predicted molar refractivity (Wildman–Crippen MR) is 206 cm³/mol. The van der Waals surface area contributed by atoms with Crippen molar-refractivity contribution in [2.75, 3.05) is 72.4 Å². The van der Waals surface area contributed by atoms with E-state index in [-0.39, 0.29) is 48.2 Å². The molecule has 2 fully saturated rings. The standard InChI is InChI=1S/C38H67N7O11/c1-27(46)44-19-7-12-31(44)36(52)41-16-6-5-11-30(43-37(53)32-13-8-20-45(32)28(2)47)35(51)40-17-9-21-54-23-25-56-26-24-55-22-10-18-42-38(3,4)34(50)29(39)14-15-33(48)49/h29-32,42H,5-26,39H2,1-4H3,(H,40,51)(H,41,52)(H,43,53)(H,48,49). The lowest BCUT2D eigenvalue weighted by atomic mass is 9.91. The molecule has 0 aromatic heterocycles. The summed E-state index contributed by atoms with van der Waals surface area (Å²) in [5, 5.41) is 20.6. The van der Waals surface area contributed by atoms with Crippen molar-refractivity contribution in [2.45, 2.75) is 128 Å². The zero-order valence-electron chi connectivity index (χ0n) is 33.9. The van der Waals surface area contributed by atoms with Gasteiger partial charge in [-0.1, -0.05) is 0 Å². The van der Waals surface area contributed by atoms with E-state index in [9.17, 15) is 33.6 Å². The van der Waals surface area contributed by atoms with Crippen molar-refractivity contribution >= 4 is 41.3 Å². The zero-order chi connectivity index (χ0) is 41.5. The minimum Gasteiger partial charge on any atom is -0.481 e. The molecule has 4 atom stereocenters. The maximum Gasteiger partial charge on any atom is 0.303 e. The van der Waals surface area contributed by atoms with E-state index in [4.69, 9.17) is 25.1 Å². The Morgan fingerprint density at radius 2 is 1.23 bits per heavy atom. The van der Waals surface area contributed by atoms with E-state index in [0.717, 1.165) is 12.8 Å². The number of carbonyl (C=O) groups excluding carboxylic acids is 6. The van der Waals surface area contributed by atoms with Crippen LogP contribution in [0.25, 0.3) is 0 Å². The van der Waals surface area contributed by atoms with Gasteiger partial charge >= 0.3 is 5.97 Å². The number of hydrogen-bond acceptors (Lipinski definition) is 12. The first-order chi connectivity index (χ1) is 26.7. The van der Waals surface area contributed by atoms with Gasteiger partial charge < -0.3 is 56.1 Å². The Morgan fingerprint density at radius 3 is 1.79 bits per heavy atom. The molecule has 5 amide bonds. The van der Waals surface area contributed by atoms with Crippen LogP contribution in [0, 0.1) is 0 Å². The van der Waals surface area contributed by atoms with Crippen LogP contribution in [0.3, 0.4) is 0 Å². The second-order valence-corrected chi connectivity index (χ2v) is 14.9. The predicted octanol–water partition coefficient (Wildman–Crippen LogP) is -0.145. The monoisotopic (exact) mass is 797 g/mol. The first kappa shape index (κ1) is 48.4. The zero-order valence-corrected chi connectivity index (χ0v) is 33.9. The van der Waals surface area contributed by atoms with E-state index in [1.54, 1.807) is 18.7 Å². The summed E-state index contributed by atoms with van der Waals surface area (Å²) in [5.41, 5.74) is 4.99. The SMILES string of the molecule is CC(=O)N1CCCC1C(=O)NCCCCC(NC(=O)C1CCCN1C(C)=O)C(=O)NCCCOCCOCCOCCCNC(C)(C)C(=O)C(N)CCC(=O)O. The summed E-state index contributed by atoms with van der Waals surface area (Å²) in [6, 6.07) is -2.70. The summed E-state index contributed by atoms with van der Waals surface area (Å²) >= 11 is 0. The molecule has 0 bridgehead atoms. The summed E-state index contributed by atoms with van der Waals surface area (Å²) < 4.78 is 16.7. The molecule has 56 heavy (non-hydrogen) atoms. The first-order valence-corrected chi connectivity index (χ1v) is 20.1. The molecule has 2 heterocycles. The average Bonchev–Trinajstić information content (AvgIpc) is 3.86. The number of hydrogen-bond donors (Lipinski definition) is 6. The van der Waals surface area contributed by atoms with Gasteiger partial charge in [-0.05, 0) is 84.6 Å². The Kier molecular flexibility index (Phi) is 22.7. The number of ketones is 1. The van der Waals surface area contributed by atoms with Crippen LogP contribution < -0.4 is 27.0 Å². The Labute approximate surface area is 331 Å². The average molecular weight is 798 g/mol. The summed E-state index contributed by atoms with van der Waals surface area (Å²) in [6.45, 7) is 11.1. The van der Waals surface area contributed by atoms with Crippen LogP contribution in [-0.2, 0) is 47.8 Å². The van der Waals surface area contributed by atoms with Crippen LogP contribution in [0.2, 0.25) is 0 Å². The number of carboxylic acids is 1. The van der Waals surface area contributed by atoms with Crippen molar-refractivity contribution in [2.24, 2.45) is 5.73 Å². The van der Waals surface area contributed by atoms with Crippen molar-refractivity contribution in [1.82, 2.24) is 31.1 Å². The van der Waals surface area contributed by atoms with E-state index in [1.807, 2.05) is 0 Å². The molecular formula is C38H67N7O11. The molecule has 0 aromatic rings. The van der Waals surface area contributed by atoms with Crippen LogP contribution in [0.1, 0.15) is 98.3 Å². The number of likely N-dealkylation sites (tertiary alicyclic amines) is 2. The van der Waals surface area contributed by atoms with Gasteiger partial charge in [-0.3, -0.25) is 33.6 Å². The molecule has 0 radical (unpaired) electrons. The molecule has 18 heteroatoms. The number of nitrogens with one attached hydrogen (secondary N) is 4. The van der Waals surface area contributed by atoms with Crippen LogP contribution in [0.15, 0.2) is 0 Å². The first-order valence-electron chi connectivity index (χ1n) is 20.1. The second-order valence-electron chi connectivity index (χ2n) is 14.9. The third kappa shape index (κ3) is 18.0. The summed E-state index contributed by atoms with van der Waals surface area (Å²) in [4.78, 5) is 89.2. The van der Waals surface area contributed by atoms with Crippen molar-refractivity contribution in [3.8, 4) is 0 Å². The van der Waals surface area contributed by atoms with Crippen LogP contribution in [-0.4, -0.2) is 158 Å². The van der Waals surface area contributed by atoms with Gasteiger partial charge in [0.1, 0.15) is 18.1 Å². The lowest BCUT2D eigenvalue weighted by molar-refractivity contribution is -0.138. The van der Waals surface area contributed by atoms with Gasteiger partial charge in [0.15, 0.2) is 5.78 Å². The Bertz CT molecular complexity index is 1280. The molecule has 4 unspecified atom stereocenters. The van der Waals surface area contributed by atoms with Gasteiger partial charge in [0, 0.05) is 59.7 Å². The van der Waals surface area contributed by atoms with Crippen molar-refractivity contribution in [3.63, 3.8) is 0 Å². The van der Waals surface area contributed by atoms with Crippen LogP contribution in [0.5, 0.6) is 0 Å². The van der Waals surface area contributed by atoms with Crippen molar-refractivity contribution in [1.29, 1.82) is 0 Å². The smallest absolute Gasteiger partial charge is 0.303 e. The van der Waals surface area contributed by atoms with Crippen LogP contribution in [0.4, 0.5) is 0 Å². The highest BCUT2D eigenvalue weighted by Crippen LogP contribution is 2.19. The second kappa shape index (κ2) is 26.3. The fourth-order valence-corrected chi connectivity index (χ4v) is 6.76. The number of rotatable bonds is 29. The highest BCUT2D eigenvalue weighted by atomic mass is 16.5. The van der Waals surface area contributed by atoms with E-state index >= 15 is 0 Å². The van der Waals surface area contributed by atoms with Gasteiger partial charge in [-0.15, -0.1) is 0 Å². The number of aliphatic carboxylic acids is 1. The number of nitrogens with zero attached hydrogens (tertiary/aromatic N) is 2. The summed E-state index contributed by atoms with van der Waals surface area (Å²) in [5.74, 6) is -2.38. The van der Waals surface area contributed by atoms with E-state index in [1.165, 1.54) is 18.7 Å². The van der Waals surface area contributed by atoms with E-state index < -0.39 is 35.7 Å². The third-order valence-corrected chi connectivity index (χ3v) is 9.93. The number of ether oxygens (including phenoxy) is 3. The van der Waals surface area contributed by atoms with Crippen molar-refractivity contribution in [3.05, 3.63) is 0 Å². The number of Topliss-reactive ketones (excluding diaryl/α,β-unsaturated/α-hetero) is 1. The molecule has 320 valence electrons. The molecule has 2 aliphatic heterocycles. The molecule has 0 aliphatic carbocycles. The molecule has 2 saturated heterocycles. The maximum atomic E-state index is 13.2. The van der Waals surface area contributed by atoms with Gasteiger partial charge in [-0.25, -0.2) is 0 Å². The molecular weight excluding hydrogens is 730 g/mol. The fourth-order valence-electron chi connectivity index (χ4n) is 6.76. The van der Waals surface area contributed by atoms with E-state index in [2.05, 4.69) is 21.3 Å². The Balaban J connectivity index is 1.60. The molecule has 7 N–H and O–H groups in total. The molecule has 18 nitrogen and oxygen atoms in total. The number of amides is 5. The third-order valence-electron chi connectivity index (χ3n) is 9.93. The topological polar surface area (TPSA) is 248 Å².